The highest BCUT2D eigenvalue weighted by molar-refractivity contribution is 5.85. The molecule has 36 heavy (non-hydrogen) atoms. The number of H-pyrrole nitrogens is 1. The minimum absolute atomic E-state index is 0.136. The van der Waals surface area contributed by atoms with Crippen molar-refractivity contribution in [2.45, 2.75) is 58.0 Å². The predicted octanol–water partition coefficient (Wildman–Crippen LogP) is 4.82. The third kappa shape index (κ3) is 7.02. The molecular formula is C29H39FN4O2. The van der Waals surface area contributed by atoms with Crippen LogP contribution in [0.5, 0.6) is 0 Å². The SMILES string of the molecule is C=O.CNCCCN1CCCC1=O.Cc1ccc2[nH]c3c(c2c1)CCCC3NCc1ccccc1F. The van der Waals surface area contributed by atoms with Gasteiger partial charge in [0.2, 0.25) is 5.91 Å². The van der Waals surface area contributed by atoms with Gasteiger partial charge in [0.25, 0.3) is 0 Å². The minimum Gasteiger partial charge on any atom is -0.357 e. The maximum Gasteiger partial charge on any atom is 0.222 e. The van der Waals surface area contributed by atoms with Crippen LogP contribution in [-0.2, 0) is 22.6 Å². The second kappa shape index (κ2) is 13.9. The van der Waals surface area contributed by atoms with Crippen LogP contribution in [0.15, 0.2) is 42.5 Å². The maximum absolute atomic E-state index is 13.8. The Balaban J connectivity index is 0.000000235. The zero-order valence-electron chi connectivity index (χ0n) is 21.5. The molecule has 2 aromatic carbocycles. The van der Waals surface area contributed by atoms with Gasteiger partial charge in [0.15, 0.2) is 0 Å². The smallest absolute Gasteiger partial charge is 0.222 e. The Morgan fingerprint density at radius 3 is 2.67 bits per heavy atom. The highest BCUT2D eigenvalue weighted by Gasteiger charge is 2.24. The summed E-state index contributed by atoms with van der Waals surface area (Å²) < 4.78 is 13.8. The summed E-state index contributed by atoms with van der Waals surface area (Å²) in [5, 5.41) is 7.95. The van der Waals surface area contributed by atoms with Crippen molar-refractivity contribution >= 4 is 23.6 Å². The number of aromatic amines is 1. The Morgan fingerprint density at radius 2 is 1.94 bits per heavy atom. The lowest BCUT2D eigenvalue weighted by atomic mass is 9.91. The lowest BCUT2D eigenvalue weighted by molar-refractivity contribution is -0.127. The molecule has 1 amide bonds. The quantitative estimate of drug-likeness (QED) is 0.412. The van der Waals surface area contributed by atoms with E-state index in [4.69, 9.17) is 4.79 Å². The Morgan fingerprint density at radius 1 is 1.14 bits per heavy atom. The number of benzene rings is 2. The number of fused-ring (bicyclic) bond motifs is 3. The van der Waals surface area contributed by atoms with E-state index in [0.29, 0.717) is 12.5 Å². The van der Waals surface area contributed by atoms with Crippen molar-refractivity contribution in [3.8, 4) is 0 Å². The minimum atomic E-state index is -0.136. The summed E-state index contributed by atoms with van der Waals surface area (Å²) in [6.07, 6.45) is 6.27. The van der Waals surface area contributed by atoms with E-state index >= 15 is 0 Å². The normalized spacial score (nSPS) is 16.7. The molecule has 1 unspecified atom stereocenters. The Bertz CT molecular complexity index is 1130. The summed E-state index contributed by atoms with van der Waals surface area (Å²) in [6.45, 7) is 7.60. The highest BCUT2D eigenvalue weighted by atomic mass is 19.1. The molecule has 6 nitrogen and oxygen atoms in total. The first-order valence-corrected chi connectivity index (χ1v) is 12.9. The van der Waals surface area contributed by atoms with Crippen LogP contribution >= 0.6 is 0 Å². The maximum atomic E-state index is 13.8. The Labute approximate surface area is 213 Å². The van der Waals surface area contributed by atoms with Gasteiger partial charge in [-0.1, -0.05) is 29.8 Å². The fourth-order valence-corrected chi connectivity index (χ4v) is 5.04. The summed E-state index contributed by atoms with van der Waals surface area (Å²) >= 11 is 0. The number of aromatic nitrogens is 1. The van der Waals surface area contributed by atoms with Gasteiger partial charge in [-0.15, -0.1) is 0 Å². The summed E-state index contributed by atoms with van der Waals surface area (Å²) in [4.78, 5) is 24.6. The van der Waals surface area contributed by atoms with Gasteiger partial charge in [-0.05, 0) is 76.4 Å². The largest absolute Gasteiger partial charge is 0.357 e. The number of rotatable bonds is 7. The number of carbonyl (C=O) groups excluding carboxylic acids is 2. The Hall–Kier alpha value is -3.03. The fraction of sp³-hybridized carbons (Fsp3) is 0.448. The molecule has 1 saturated heterocycles. The first-order valence-electron chi connectivity index (χ1n) is 12.9. The fourth-order valence-electron chi connectivity index (χ4n) is 5.04. The van der Waals surface area contributed by atoms with Gasteiger partial charge in [-0.25, -0.2) is 4.39 Å². The van der Waals surface area contributed by atoms with Crippen LogP contribution in [0.2, 0.25) is 0 Å². The first kappa shape index (κ1) is 27.6. The molecule has 1 aromatic heterocycles. The number of likely N-dealkylation sites (tertiary alicyclic amines) is 1. The first-order chi connectivity index (χ1) is 17.6. The van der Waals surface area contributed by atoms with E-state index < -0.39 is 0 Å². The van der Waals surface area contributed by atoms with Crippen molar-refractivity contribution in [1.29, 1.82) is 0 Å². The van der Waals surface area contributed by atoms with Crippen molar-refractivity contribution in [1.82, 2.24) is 20.5 Å². The second-order valence-corrected chi connectivity index (χ2v) is 9.42. The molecule has 0 saturated carbocycles. The molecule has 0 radical (unpaired) electrons. The highest BCUT2D eigenvalue weighted by Crippen LogP contribution is 2.35. The van der Waals surface area contributed by atoms with E-state index in [-0.39, 0.29) is 11.9 Å². The average molecular weight is 495 g/mol. The van der Waals surface area contributed by atoms with Gasteiger partial charge in [0.05, 0.1) is 0 Å². The average Bonchev–Trinajstić information content (AvgIpc) is 3.48. The number of amides is 1. The lowest BCUT2D eigenvalue weighted by Crippen LogP contribution is -2.27. The van der Waals surface area contributed by atoms with E-state index in [9.17, 15) is 9.18 Å². The number of carbonyl (C=O) groups is 2. The zero-order valence-corrected chi connectivity index (χ0v) is 21.5. The van der Waals surface area contributed by atoms with Crippen molar-refractivity contribution in [3.05, 3.63) is 70.7 Å². The molecule has 0 bridgehead atoms. The molecule has 3 aromatic rings. The monoisotopic (exact) mass is 494 g/mol. The summed E-state index contributed by atoms with van der Waals surface area (Å²) in [6, 6.07) is 13.8. The van der Waals surface area contributed by atoms with E-state index in [1.165, 1.54) is 40.2 Å². The predicted molar refractivity (Wildman–Crippen MR) is 143 cm³/mol. The van der Waals surface area contributed by atoms with Gasteiger partial charge < -0.3 is 25.3 Å². The molecule has 0 spiro atoms. The van der Waals surface area contributed by atoms with E-state index in [2.05, 4.69) is 40.7 Å². The van der Waals surface area contributed by atoms with Gasteiger partial charge in [-0.2, -0.15) is 0 Å². The van der Waals surface area contributed by atoms with Crippen LogP contribution < -0.4 is 10.6 Å². The van der Waals surface area contributed by atoms with Crippen LogP contribution in [0.1, 0.15) is 60.5 Å². The van der Waals surface area contributed by atoms with Crippen molar-refractivity contribution in [3.63, 3.8) is 0 Å². The molecule has 2 heterocycles. The third-order valence-electron chi connectivity index (χ3n) is 6.89. The van der Waals surface area contributed by atoms with Crippen LogP contribution in [0, 0.1) is 12.7 Å². The molecule has 5 rings (SSSR count). The molecule has 194 valence electrons. The standard InChI is InChI=1S/C20H21FN2.C8H16N2O.CH2O/c1-13-9-10-18-16(11-13)15-6-4-8-19(20(15)23-18)22-12-14-5-2-3-7-17(14)21;1-9-5-3-7-10-6-2-4-8(10)11;1-2/h2-3,5,7,9-11,19,22-23H,4,6,8,12H2,1H3;9H,2-7H2,1H3;1H2. The van der Waals surface area contributed by atoms with Crippen molar-refractivity contribution < 1.29 is 14.0 Å². The summed E-state index contributed by atoms with van der Waals surface area (Å²) in [7, 11) is 1.94. The van der Waals surface area contributed by atoms with Gasteiger partial charge >= 0.3 is 0 Å². The number of nitrogens with zero attached hydrogens (tertiary/aromatic N) is 1. The number of hydrogen-bond acceptors (Lipinski definition) is 4. The van der Waals surface area contributed by atoms with Gasteiger partial charge in [0.1, 0.15) is 12.6 Å². The van der Waals surface area contributed by atoms with E-state index in [0.717, 1.165) is 57.3 Å². The van der Waals surface area contributed by atoms with Crippen molar-refractivity contribution in [2.75, 3.05) is 26.7 Å². The second-order valence-electron chi connectivity index (χ2n) is 9.42. The van der Waals surface area contributed by atoms with E-state index in [1.807, 2.05) is 30.9 Å². The Kier molecular flexibility index (Phi) is 10.6. The number of nitrogens with one attached hydrogen (secondary N) is 3. The summed E-state index contributed by atoms with van der Waals surface area (Å²) in [5.74, 6) is 0.199. The van der Waals surface area contributed by atoms with Crippen molar-refractivity contribution in [2.24, 2.45) is 0 Å². The molecule has 3 N–H and O–H groups in total. The van der Waals surface area contributed by atoms with E-state index in [1.54, 1.807) is 6.07 Å². The van der Waals surface area contributed by atoms with Crippen LogP contribution in [-0.4, -0.2) is 49.3 Å². The summed E-state index contributed by atoms with van der Waals surface area (Å²) in [5.41, 5.74) is 5.95. The number of halogens is 1. The molecule has 1 aliphatic heterocycles. The van der Waals surface area contributed by atoms with Crippen LogP contribution in [0.25, 0.3) is 10.9 Å². The molecule has 1 aliphatic carbocycles. The van der Waals surface area contributed by atoms with Crippen LogP contribution in [0.4, 0.5) is 4.39 Å². The number of aryl methyl sites for hydroxylation is 2. The molecule has 1 fully saturated rings. The van der Waals surface area contributed by atoms with Gasteiger partial charge in [-0.3, -0.25) is 4.79 Å². The van der Waals surface area contributed by atoms with Crippen LogP contribution in [0.3, 0.4) is 0 Å². The topological polar surface area (TPSA) is 77.2 Å². The zero-order chi connectivity index (χ0) is 25.9. The number of hydrogen-bond donors (Lipinski definition) is 3. The third-order valence-corrected chi connectivity index (χ3v) is 6.89. The van der Waals surface area contributed by atoms with Gasteiger partial charge in [0, 0.05) is 54.3 Å². The molecule has 7 heteroatoms. The molecular weight excluding hydrogens is 455 g/mol. The molecule has 2 aliphatic rings. The molecule has 1 atom stereocenters. The lowest BCUT2D eigenvalue weighted by Gasteiger charge is -2.24.